The molecule has 0 aliphatic rings. The van der Waals surface area contributed by atoms with Crippen molar-refractivity contribution in [1.82, 2.24) is 15.0 Å². The van der Waals surface area contributed by atoms with Crippen molar-refractivity contribution in [3.63, 3.8) is 0 Å². The van der Waals surface area contributed by atoms with Gasteiger partial charge in [0.15, 0.2) is 11.6 Å². The fourth-order valence-corrected chi connectivity index (χ4v) is 2.57. The first-order valence-electron chi connectivity index (χ1n) is 7.55. The summed E-state index contributed by atoms with van der Waals surface area (Å²) in [6.07, 6.45) is 1.58. The predicted molar refractivity (Wildman–Crippen MR) is 90.1 cm³/mol. The molecule has 0 radical (unpaired) electrons. The third-order valence-corrected chi connectivity index (χ3v) is 3.78. The van der Waals surface area contributed by atoms with Gasteiger partial charge in [0.2, 0.25) is 0 Å². The van der Waals surface area contributed by atoms with Crippen LogP contribution in [0.5, 0.6) is 0 Å². The minimum Gasteiger partial charge on any atom is -0.294 e. The van der Waals surface area contributed by atoms with E-state index < -0.39 is 5.82 Å². The molecule has 0 saturated heterocycles. The minimum atomic E-state index is -0.596. The molecule has 3 rings (SSSR count). The zero-order valence-corrected chi connectivity index (χ0v) is 13.7. The molecule has 3 aromatic rings. The molecule has 0 fully saturated rings. The van der Waals surface area contributed by atoms with Gasteiger partial charge in [-0.15, -0.1) is 0 Å². The molecule has 0 aliphatic carbocycles. The van der Waals surface area contributed by atoms with Crippen LogP contribution < -0.4 is 0 Å². The molecule has 0 aliphatic heterocycles. The Morgan fingerprint density at radius 3 is 2.50 bits per heavy atom. The van der Waals surface area contributed by atoms with Gasteiger partial charge >= 0.3 is 0 Å². The molecule has 1 aromatic carbocycles. The third-order valence-electron chi connectivity index (χ3n) is 3.78. The van der Waals surface area contributed by atoms with E-state index in [1.807, 2.05) is 26.0 Å². The average Bonchev–Trinajstić information content (AvgIpc) is 2.55. The van der Waals surface area contributed by atoms with Crippen LogP contribution in [0.2, 0.25) is 0 Å². The summed E-state index contributed by atoms with van der Waals surface area (Å²) in [6, 6.07) is 10.3. The van der Waals surface area contributed by atoms with Crippen LogP contribution in [-0.4, -0.2) is 20.7 Å². The lowest BCUT2D eigenvalue weighted by Gasteiger charge is -2.09. The van der Waals surface area contributed by atoms with E-state index in [0.717, 1.165) is 17.0 Å². The van der Waals surface area contributed by atoms with E-state index in [4.69, 9.17) is 0 Å². The lowest BCUT2D eigenvalue weighted by Crippen LogP contribution is -2.01. The normalized spacial score (nSPS) is 10.7. The third kappa shape index (κ3) is 2.93. The molecule has 2 heterocycles. The van der Waals surface area contributed by atoms with Gasteiger partial charge in [-0.05, 0) is 51.1 Å². The Balaban J connectivity index is 2.12. The van der Waals surface area contributed by atoms with Crippen molar-refractivity contribution in [3.05, 3.63) is 65.4 Å². The Labute approximate surface area is 139 Å². The van der Waals surface area contributed by atoms with Crippen molar-refractivity contribution in [2.75, 3.05) is 0 Å². The number of aryl methyl sites for hydroxylation is 2. The second kappa shape index (κ2) is 6.28. The molecule has 5 heteroatoms. The lowest BCUT2D eigenvalue weighted by atomic mass is 10.1. The second-order valence-corrected chi connectivity index (χ2v) is 5.57. The average molecular weight is 321 g/mol. The van der Waals surface area contributed by atoms with Crippen LogP contribution >= 0.6 is 0 Å². The molecule has 24 heavy (non-hydrogen) atoms. The highest BCUT2D eigenvalue weighted by atomic mass is 19.1. The molecule has 0 atom stereocenters. The number of nitrogens with zero attached hydrogens (tertiary/aromatic N) is 3. The number of carbonyl (C=O) groups is 1. The van der Waals surface area contributed by atoms with Crippen molar-refractivity contribution in [2.24, 2.45) is 0 Å². The summed E-state index contributed by atoms with van der Waals surface area (Å²) < 4.78 is 14.6. The standard InChI is InChI=1S/C19H16FN3O/c1-11-7-8-14(12(2)22-11)17-9-10-21-19(23-17)16-6-4-5-15(13(3)24)18(16)20/h4-10H,1-3H3. The van der Waals surface area contributed by atoms with E-state index in [2.05, 4.69) is 15.0 Å². The quantitative estimate of drug-likeness (QED) is 0.680. The number of hydrogen-bond donors (Lipinski definition) is 0. The zero-order valence-electron chi connectivity index (χ0n) is 13.7. The molecule has 0 bridgehead atoms. The van der Waals surface area contributed by atoms with Gasteiger partial charge in [-0.3, -0.25) is 9.78 Å². The van der Waals surface area contributed by atoms with Gasteiger partial charge in [0.1, 0.15) is 5.82 Å². The van der Waals surface area contributed by atoms with E-state index in [-0.39, 0.29) is 22.7 Å². The van der Waals surface area contributed by atoms with Crippen molar-refractivity contribution in [1.29, 1.82) is 0 Å². The first kappa shape index (κ1) is 15.9. The minimum absolute atomic E-state index is 0.0367. The summed E-state index contributed by atoms with van der Waals surface area (Å²) in [6.45, 7) is 5.16. The first-order chi connectivity index (χ1) is 11.5. The molecule has 0 unspecified atom stereocenters. The van der Waals surface area contributed by atoms with E-state index in [1.54, 1.807) is 24.4 Å². The summed E-state index contributed by atoms with van der Waals surface area (Å²) in [4.78, 5) is 24.6. The van der Waals surface area contributed by atoms with Gasteiger partial charge in [0.05, 0.1) is 16.8 Å². The van der Waals surface area contributed by atoms with Gasteiger partial charge in [0, 0.05) is 23.1 Å². The highest BCUT2D eigenvalue weighted by molar-refractivity contribution is 5.95. The molecule has 4 nitrogen and oxygen atoms in total. The molecular formula is C19H16FN3O. The number of Topliss-reactive ketones (excluding diaryl/α,β-unsaturated/α-hetero) is 1. The predicted octanol–water partition coefficient (Wildman–Crippen LogP) is 4.16. The summed E-state index contributed by atoms with van der Waals surface area (Å²) in [5.74, 6) is -0.682. The maximum Gasteiger partial charge on any atom is 0.162 e. The fraction of sp³-hybridized carbons (Fsp3) is 0.158. The number of aromatic nitrogens is 3. The molecule has 0 saturated carbocycles. The van der Waals surface area contributed by atoms with E-state index in [0.29, 0.717) is 5.69 Å². The Morgan fingerprint density at radius 1 is 1.00 bits per heavy atom. The van der Waals surface area contributed by atoms with Crippen LogP contribution in [0, 0.1) is 19.7 Å². The number of ketones is 1. The molecule has 0 N–H and O–H groups in total. The van der Waals surface area contributed by atoms with Crippen molar-refractivity contribution in [2.45, 2.75) is 20.8 Å². The summed E-state index contributed by atoms with van der Waals surface area (Å²) in [5.41, 5.74) is 3.55. The maximum absolute atomic E-state index is 14.6. The Morgan fingerprint density at radius 2 is 1.79 bits per heavy atom. The van der Waals surface area contributed by atoms with Gasteiger partial charge in [-0.1, -0.05) is 6.07 Å². The monoisotopic (exact) mass is 321 g/mol. The Kier molecular flexibility index (Phi) is 4.16. The van der Waals surface area contributed by atoms with Gasteiger partial charge in [-0.2, -0.15) is 0 Å². The van der Waals surface area contributed by atoms with Crippen molar-refractivity contribution in [3.8, 4) is 22.6 Å². The largest absolute Gasteiger partial charge is 0.294 e. The van der Waals surface area contributed by atoms with Gasteiger partial charge < -0.3 is 0 Å². The van der Waals surface area contributed by atoms with Crippen molar-refractivity contribution < 1.29 is 9.18 Å². The highest BCUT2D eigenvalue weighted by Crippen LogP contribution is 2.26. The van der Waals surface area contributed by atoms with Crippen LogP contribution in [0.25, 0.3) is 22.6 Å². The van der Waals surface area contributed by atoms with E-state index in [9.17, 15) is 9.18 Å². The maximum atomic E-state index is 14.6. The number of halogens is 1. The molecule has 0 spiro atoms. The highest BCUT2D eigenvalue weighted by Gasteiger charge is 2.15. The zero-order chi connectivity index (χ0) is 17.3. The SMILES string of the molecule is CC(=O)c1cccc(-c2nccc(-c3ccc(C)nc3C)n2)c1F. The lowest BCUT2D eigenvalue weighted by molar-refractivity contribution is 0.101. The molecule has 120 valence electrons. The fourth-order valence-electron chi connectivity index (χ4n) is 2.57. The van der Waals surface area contributed by atoms with E-state index >= 15 is 0 Å². The van der Waals surface area contributed by atoms with Crippen LogP contribution in [0.3, 0.4) is 0 Å². The smallest absolute Gasteiger partial charge is 0.162 e. The number of carbonyl (C=O) groups excluding carboxylic acids is 1. The molecular weight excluding hydrogens is 305 g/mol. The Bertz CT molecular complexity index is 938. The molecule has 2 aromatic heterocycles. The number of rotatable bonds is 3. The Hall–Kier alpha value is -2.95. The summed E-state index contributed by atoms with van der Waals surface area (Å²) in [7, 11) is 0. The van der Waals surface area contributed by atoms with Crippen LogP contribution in [0.4, 0.5) is 4.39 Å². The number of hydrogen-bond acceptors (Lipinski definition) is 4. The van der Waals surface area contributed by atoms with Gasteiger partial charge in [-0.25, -0.2) is 14.4 Å². The van der Waals surface area contributed by atoms with Crippen LogP contribution in [0.15, 0.2) is 42.6 Å². The topological polar surface area (TPSA) is 55.7 Å². The van der Waals surface area contributed by atoms with Gasteiger partial charge in [0.25, 0.3) is 0 Å². The van der Waals surface area contributed by atoms with Crippen LogP contribution in [-0.2, 0) is 0 Å². The number of benzene rings is 1. The summed E-state index contributed by atoms with van der Waals surface area (Å²) in [5, 5.41) is 0. The second-order valence-electron chi connectivity index (χ2n) is 5.57. The first-order valence-corrected chi connectivity index (χ1v) is 7.55. The summed E-state index contributed by atoms with van der Waals surface area (Å²) >= 11 is 0. The number of pyridine rings is 1. The molecule has 0 amide bonds. The van der Waals surface area contributed by atoms with E-state index in [1.165, 1.54) is 13.0 Å². The van der Waals surface area contributed by atoms with Crippen LogP contribution in [0.1, 0.15) is 28.7 Å². The van der Waals surface area contributed by atoms with Crippen molar-refractivity contribution >= 4 is 5.78 Å².